The zero-order valence-electron chi connectivity index (χ0n) is 12.1. The van der Waals surface area contributed by atoms with Crippen LogP contribution in [0.2, 0.25) is 4.34 Å². The summed E-state index contributed by atoms with van der Waals surface area (Å²) in [4.78, 5) is 17.5. The van der Waals surface area contributed by atoms with Crippen LogP contribution < -0.4 is 10.6 Å². The highest BCUT2D eigenvalue weighted by Gasteiger charge is 2.15. The Labute approximate surface area is 142 Å². The lowest BCUT2D eigenvalue weighted by molar-refractivity contribution is 0.0946. The fourth-order valence-corrected chi connectivity index (χ4v) is 4.49. The van der Waals surface area contributed by atoms with E-state index in [1.165, 1.54) is 35.5 Å². The molecule has 2 aromatic rings. The zero-order chi connectivity index (χ0) is 15.4. The number of thiazole rings is 1. The number of thiophene rings is 1. The van der Waals surface area contributed by atoms with Gasteiger partial charge in [0.05, 0.1) is 9.21 Å². The van der Waals surface area contributed by atoms with Crippen molar-refractivity contribution in [2.75, 3.05) is 19.6 Å². The first-order chi connectivity index (χ1) is 10.7. The van der Waals surface area contributed by atoms with Gasteiger partial charge in [0.2, 0.25) is 0 Å². The molecule has 1 aliphatic rings. The normalized spacial score (nSPS) is 18.3. The summed E-state index contributed by atoms with van der Waals surface area (Å²) in [5, 5.41) is 9.02. The summed E-state index contributed by atoms with van der Waals surface area (Å²) >= 11 is 8.89. The third-order valence-electron chi connectivity index (χ3n) is 3.76. The number of halogens is 1. The molecular formula is C15H18ClN3OS2. The van der Waals surface area contributed by atoms with Gasteiger partial charge in [-0.1, -0.05) is 11.6 Å². The van der Waals surface area contributed by atoms with Crippen LogP contribution in [0.3, 0.4) is 0 Å². The molecule has 3 heterocycles. The number of hydrogen-bond donors (Lipinski definition) is 2. The quantitative estimate of drug-likeness (QED) is 0.860. The molecule has 0 aromatic carbocycles. The van der Waals surface area contributed by atoms with Crippen molar-refractivity contribution in [3.05, 3.63) is 27.5 Å². The molecule has 118 valence electrons. The van der Waals surface area contributed by atoms with Gasteiger partial charge in [0, 0.05) is 11.9 Å². The number of carbonyl (C=O) groups excluding carboxylic acids is 1. The largest absolute Gasteiger partial charge is 0.351 e. The molecule has 1 saturated heterocycles. The van der Waals surface area contributed by atoms with Gasteiger partial charge < -0.3 is 10.6 Å². The van der Waals surface area contributed by atoms with E-state index in [0.717, 1.165) is 33.7 Å². The Morgan fingerprint density at radius 2 is 2.41 bits per heavy atom. The van der Waals surface area contributed by atoms with Gasteiger partial charge in [0.1, 0.15) is 10.7 Å². The van der Waals surface area contributed by atoms with E-state index in [0.29, 0.717) is 18.2 Å². The molecule has 7 heteroatoms. The third kappa shape index (κ3) is 4.07. The van der Waals surface area contributed by atoms with Gasteiger partial charge in [0.25, 0.3) is 5.91 Å². The number of nitrogens with zero attached hydrogens (tertiary/aromatic N) is 1. The van der Waals surface area contributed by atoms with Gasteiger partial charge in [0.15, 0.2) is 0 Å². The van der Waals surface area contributed by atoms with Crippen LogP contribution in [-0.2, 0) is 0 Å². The SMILES string of the molecule is O=C(NCCC1CCCNC1)c1csc(-c2ccc(Cl)s2)n1. The lowest BCUT2D eigenvalue weighted by Gasteiger charge is -2.22. The minimum Gasteiger partial charge on any atom is -0.351 e. The molecular weight excluding hydrogens is 338 g/mol. The summed E-state index contributed by atoms with van der Waals surface area (Å²) in [6.07, 6.45) is 3.51. The Bertz CT molecular complexity index is 634. The number of carbonyl (C=O) groups is 1. The van der Waals surface area contributed by atoms with Crippen LogP contribution >= 0.6 is 34.3 Å². The molecule has 3 rings (SSSR count). The Morgan fingerprint density at radius 3 is 3.14 bits per heavy atom. The molecule has 1 fully saturated rings. The van der Waals surface area contributed by atoms with Crippen molar-refractivity contribution in [1.82, 2.24) is 15.6 Å². The smallest absolute Gasteiger partial charge is 0.270 e. The van der Waals surface area contributed by atoms with Crippen LogP contribution in [0, 0.1) is 5.92 Å². The molecule has 0 spiro atoms. The van der Waals surface area contributed by atoms with Crippen LogP contribution in [0.25, 0.3) is 9.88 Å². The number of piperidine rings is 1. The maximum atomic E-state index is 12.1. The monoisotopic (exact) mass is 355 g/mol. The summed E-state index contributed by atoms with van der Waals surface area (Å²) in [5.74, 6) is 0.585. The van der Waals surface area contributed by atoms with E-state index in [9.17, 15) is 4.79 Å². The second-order valence-corrected chi connectivity index (χ2v) is 7.97. The molecule has 1 unspecified atom stereocenters. The average Bonchev–Trinajstić information content (AvgIpc) is 3.17. The van der Waals surface area contributed by atoms with E-state index in [1.54, 1.807) is 5.38 Å². The van der Waals surface area contributed by atoms with Crippen LogP contribution in [0.4, 0.5) is 0 Å². The zero-order valence-corrected chi connectivity index (χ0v) is 14.5. The van der Waals surface area contributed by atoms with Crippen LogP contribution in [0.1, 0.15) is 29.8 Å². The average molecular weight is 356 g/mol. The lowest BCUT2D eigenvalue weighted by atomic mass is 9.96. The number of aromatic nitrogens is 1. The molecule has 4 nitrogen and oxygen atoms in total. The first kappa shape index (κ1) is 15.9. The van der Waals surface area contributed by atoms with Crippen molar-refractivity contribution in [3.63, 3.8) is 0 Å². The fourth-order valence-electron chi connectivity index (χ4n) is 2.57. The lowest BCUT2D eigenvalue weighted by Crippen LogP contribution is -2.33. The van der Waals surface area contributed by atoms with E-state index in [2.05, 4.69) is 15.6 Å². The van der Waals surface area contributed by atoms with Crippen LogP contribution in [0.15, 0.2) is 17.5 Å². The predicted molar refractivity (Wildman–Crippen MR) is 93.0 cm³/mol. The van der Waals surface area contributed by atoms with E-state index in [4.69, 9.17) is 11.6 Å². The number of amides is 1. The van der Waals surface area contributed by atoms with Crippen molar-refractivity contribution in [2.45, 2.75) is 19.3 Å². The standard InChI is InChI=1S/C15H18ClN3OS2/c16-13-4-3-12(22-13)15-19-11(9-21-15)14(20)18-7-5-10-2-1-6-17-8-10/h3-4,9-10,17H,1-2,5-8H2,(H,18,20). The Hall–Kier alpha value is -0.950. The molecule has 1 amide bonds. The van der Waals surface area contributed by atoms with Crippen molar-refractivity contribution in [2.24, 2.45) is 5.92 Å². The van der Waals surface area contributed by atoms with Gasteiger partial charge in [-0.25, -0.2) is 4.98 Å². The van der Waals surface area contributed by atoms with Crippen LogP contribution in [0.5, 0.6) is 0 Å². The first-order valence-electron chi connectivity index (χ1n) is 7.42. The highest BCUT2D eigenvalue weighted by atomic mass is 35.5. The first-order valence-corrected chi connectivity index (χ1v) is 9.50. The molecule has 2 N–H and O–H groups in total. The minimum atomic E-state index is -0.0890. The molecule has 1 atom stereocenters. The number of hydrogen-bond acceptors (Lipinski definition) is 5. The second kappa shape index (κ2) is 7.55. The summed E-state index contributed by atoms with van der Waals surface area (Å²) in [5.41, 5.74) is 0.492. The van der Waals surface area contributed by atoms with E-state index >= 15 is 0 Å². The highest BCUT2D eigenvalue weighted by Crippen LogP contribution is 2.32. The molecule has 0 bridgehead atoms. The Kier molecular flexibility index (Phi) is 5.46. The van der Waals surface area contributed by atoms with E-state index < -0.39 is 0 Å². The Morgan fingerprint density at radius 1 is 1.50 bits per heavy atom. The molecule has 0 radical (unpaired) electrons. The summed E-state index contributed by atoms with van der Waals surface area (Å²) in [6, 6.07) is 3.78. The van der Waals surface area contributed by atoms with E-state index in [-0.39, 0.29) is 5.91 Å². The Balaban J connectivity index is 1.51. The molecule has 0 saturated carbocycles. The van der Waals surface area contributed by atoms with Crippen molar-refractivity contribution in [3.8, 4) is 9.88 Å². The molecule has 22 heavy (non-hydrogen) atoms. The van der Waals surface area contributed by atoms with Crippen molar-refractivity contribution >= 4 is 40.2 Å². The number of rotatable bonds is 5. The van der Waals surface area contributed by atoms with Gasteiger partial charge in [-0.2, -0.15) is 0 Å². The highest BCUT2D eigenvalue weighted by molar-refractivity contribution is 7.23. The van der Waals surface area contributed by atoms with Gasteiger partial charge in [-0.05, 0) is 50.4 Å². The van der Waals surface area contributed by atoms with Crippen molar-refractivity contribution in [1.29, 1.82) is 0 Å². The predicted octanol–water partition coefficient (Wildman–Crippen LogP) is 3.64. The maximum absolute atomic E-state index is 12.1. The van der Waals surface area contributed by atoms with E-state index in [1.807, 2.05) is 12.1 Å². The van der Waals surface area contributed by atoms with Crippen LogP contribution in [-0.4, -0.2) is 30.5 Å². The fraction of sp³-hybridized carbons (Fsp3) is 0.467. The van der Waals surface area contributed by atoms with Gasteiger partial charge in [-0.3, -0.25) is 4.79 Å². The molecule has 0 aliphatic carbocycles. The van der Waals surface area contributed by atoms with Gasteiger partial charge >= 0.3 is 0 Å². The summed E-state index contributed by atoms with van der Waals surface area (Å²) < 4.78 is 0.734. The van der Waals surface area contributed by atoms with Crippen molar-refractivity contribution < 1.29 is 4.79 Å². The minimum absolute atomic E-state index is 0.0890. The third-order valence-corrected chi connectivity index (χ3v) is 6.00. The second-order valence-electron chi connectivity index (χ2n) is 5.40. The summed E-state index contributed by atoms with van der Waals surface area (Å²) in [7, 11) is 0. The number of nitrogens with one attached hydrogen (secondary N) is 2. The summed E-state index contributed by atoms with van der Waals surface area (Å²) in [6.45, 7) is 2.90. The molecule has 1 aliphatic heterocycles. The molecule has 2 aromatic heterocycles. The topological polar surface area (TPSA) is 54.0 Å². The maximum Gasteiger partial charge on any atom is 0.270 e. The van der Waals surface area contributed by atoms with Gasteiger partial charge in [-0.15, -0.1) is 22.7 Å².